The summed E-state index contributed by atoms with van der Waals surface area (Å²) in [4.78, 5) is 18.9. The summed E-state index contributed by atoms with van der Waals surface area (Å²) < 4.78 is 4.50. The molecule has 0 saturated heterocycles. The minimum absolute atomic E-state index is 0.0705. The predicted molar refractivity (Wildman–Crippen MR) is 59.6 cm³/mol. The van der Waals surface area contributed by atoms with Crippen LogP contribution in [0.5, 0.6) is 0 Å². The van der Waals surface area contributed by atoms with Gasteiger partial charge in [0.2, 0.25) is 0 Å². The van der Waals surface area contributed by atoms with Crippen LogP contribution in [0.2, 0.25) is 0 Å². The molecule has 0 fully saturated rings. The van der Waals surface area contributed by atoms with Crippen LogP contribution in [0.15, 0.2) is 12.4 Å². The van der Waals surface area contributed by atoms with Crippen molar-refractivity contribution in [2.75, 3.05) is 25.6 Å². The van der Waals surface area contributed by atoms with E-state index in [2.05, 4.69) is 20.0 Å². The average Bonchev–Trinajstić information content (AvgIpc) is 2.36. The zero-order valence-electron chi connectivity index (χ0n) is 9.67. The molecule has 1 atom stereocenters. The van der Waals surface area contributed by atoms with Crippen LogP contribution in [-0.4, -0.2) is 52.0 Å². The van der Waals surface area contributed by atoms with Crippen LogP contribution in [0.3, 0.4) is 0 Å². The number of anilines is 1. The zero-order chi connectivity index (χ0) is 12.9. The Morgan fingerprint density at radius 1 is 1.59 bits per heavy atom. The van der Waals surface area contributed by atoms with Crippen LogP contribution >= 0.6 is 0 Å². The third kappa shape index (κ3) is 3.97. The largest absolute Gasteiger partial charge is 0.464 e. The molecule has 0 spiro atoms. The Morgan fingerprint density at radius 2 is 2.29 bits per heavy atom. The van der Waals surface area contributed by atoms with Gasteiger partial charge in [0.25, 0.3) is 0 Å². The van der Waals surface area contributed by atoms with E-state index in [1.54, 1.807) is 0 Å². The number of aliphatic hydroxyl groups excluding tert-OH is 1. The minimum Gasteiger partial charge on any atom is -0.464 e. The van der Waals surface area contributed by atoms with Gasteiger partial charge in [-0.15, -0.1) is 0 Å². The van der Waals surface area contributed by atoms with E-state index in [4.69, 9.17) is 5.11 Å². The molecule has 1 aromatic heterocycles. The van der Waals surface area contributed by atoms with E-state index in [1.807, 2.05) is 0 Å². The molecule has 3 N–H and O–H groups in total. The fourth-order valence-electron chi connectivity index (χ4n) is 0.991. The maximum Gasteiger partial charge on any atom is 0.358 e. The van der Waals surface area contributed by atoms with Crippen molar-refractivity contribution in [3.63, 3.8) is 0 Å². The Bertz CT molecular complexity index is 395. The van der Waals surface area contributed by atoms with Gasteiger partial charge in [0.05, 0.1) is 26.1 Å². The van der Waals surface area contributed by atoms with Gasteiger partial charge in [-0.2, -0.15) is 0 Å². The molecule has 1 heterocycles. The van der Waals surface area contributed by atoms with Crippen molar-refractivity contribution in [2.24, 2.45) is 0 Å². The molecule has 17 heavy (non-hydrogen) atoms. The number of carbonyl (C=O) groups excluding carboxylic acids is 1. The summed E-state index contributed by atoms with van der Waals surface area (Å²) in [6.45, 7) is 1.17. The first kappa shape index (κ1) is 13.3. The lowest BCUT2D eigenvalue weighted by Gasteiger charge is -2.20. The van der Waals surface area contributed by atoms with E-state index in [0.29, 0.717) is 5.82 Å². The fourth-order valence-corrected chi connectivity index (χ4v) is 0.991. The van der Waals surface area contributed by atoms with Crippen molar-refractivity contribution in [1.82, 2.24) is 9.97 Å². The molecule has 0 amide bonds. The standard InChI is InChI=1S/C10H15N3O4/c1-10(16,6-14)5-12-8-4-11-3-7(13-8)9(15)17-2/h3-4,14,16H,5-6H2,1-2H3,(H,12,13). The molecule has 0 bridgehead atoms. The van der Waals surface area contributed by atoms with Gasteiger partial charge in [-0.1, -0.05) is 0 Å². The number of aromatic nitrogens is 2. The smallest absolute Gasteiger partial charge is 0.358 e. The van der Waals surface area contributed by atoms with E-state index in [1.165, 1.54) is 26.4 Å². The summed E-state index contributed by atoms with van der Waals surface area (Å²) in [5.74, 6) is -0.267. The van der Waals surface area contributed by atoms with Crippen LogP contribution in [-0.2, 0) is 4.74 Å². The highest BCUT2D eigenvalue weighted by Crippen LogP contribution is 2.07. The second kappa shape index (κ2) is 5.55. The van der Waals surface area contributed by atoms with Crippen LogP contribution in [0.25, 0.3) is 0 Å². The van der Waals surface area contributed by atoms with Crippen molar-refractivity contribution in [1.29, 1.82) is 0 Å². The molecule has 0 aliphatic carbocycles. The van der Waals surface area contributed by atoms with Crippen molar-refractivity contribution in [2.45, 2.75) is 12.5 Å². The molecular formula is C10H15N3O4. The van der Waals surface area contributed by atoms with Gasteiger partial charge in [-0.3, -0.25) is 4.98 Å². The molecule has 0 aliphatic rings. The number of nitrogens with zero attached hydrogens (tertiary/aromatic N) is 2. The van der Waals surface area contributed by atoms with Crippen LogP contribution < -0.4 is 5.32 Å². The molecule has 1 rings (SSSR count). The van der Waals surface area contributed by atoms with E-state index in [0.717, 1.165) is 0 Å². The maximum absolute atomic E-state index is 11.2. The normalized spacial score (nSPS) is 13.9. The fraction of sp³-hybridized carbons (Fsp3) is 0.500. The second-order valence-corrected chi connectivity index (χ2v) is 3.79. The number of hydrogen-bond donors (Lipinski definition) is 3. The molecule has 0 aliphatic heterocycles. The monoisotopic (exact) mass is 241 g/mol. The summed E-state index contributed by atoms with van der Waals surface area (Å²) in [6.07, 6.45) is 2.68. The summed E-state index contributed by atoms with van der Waals surface area (Å²) in [7, 11) is 1.25. The Labute approximate surface area is 98.5 Å². The van der Waals surface area contributed by atoms with Gasteiger partial charge in [0.1, 0.15) is 11.4 Å². The molecule has 1 unspecified atom stereocenters. The lowest BCUT2D eigenvalue weighted by Crippen LogP contribution is -2.37. The molecule has 0 aromatic carbocycles. The molecular weight excluding hydrogens is 226 g/mol. The lowest BCUT2D eigenvalue weighted by molar-refractivity contribution is 0.0131. The zero-order valence-corrected chi connectivity index (χ0v) is 9.67. The minimum atomic E-state index is -1.26. The quantitative estimate of drug-likeness (QED) is 0.592. The first-order valence-corrected chi connectivity index (χ1v) is 4.96. The van der Waals surface area contributed by atoms with E-state index in [-0.39, 0.29) is 18.8 Å². The van der Waals surface area contributed by atoms with Crippen molar-refractivity contribution < 1.29 is 19.7 Å². The highest BCUT2D eigenvalue weighted by atomic mass is 16.5. The van der Waals surface area contributed by atoms with E-state index < -0.39 is 11.6 Å². The third-order valence-corrected chi connectivity index (χ3v) is 2.02. The number of aliphatic hydroxyl groups is 2. The van der Waals surface area contributed by atoms with Gasteiger partial charge in [-0.05, 0) is 6.92 Å². The SMILES string of the molecule is COC(=O)c1cncc(NCC(C)(O)CO)n1. The summed E-state index contributed by atoms with van der Waals surface area (Å²) in [6, 6.07) is 0. The molecule has 0 saturated carbocycles. The molecule has 0 radical (unpaired) electrons. The van der Waals surface area contributed by atoms with Gasteiger partial charge in [-0.25, -0.2) is 9.78 Å². The molecule has 94 valence electrons. The highest BCUT2D eigenvalue weighted by Gasteiger charge is 2.19. The van der Waals surface area contributed by atoms with E-state index >= 15 is 0 Å². The molecule has 7 nitrogen and oxygen atoms in total. The highest BCUT2D eigenvalue weighted by molar-refractivity contribution is 5.87. The number of ether oxygens (including phenoxy) is 1. The number of carbonyl (C=O) groups is 1. The third-order valence-electron chi connectivity index (χ3n) is 2.02. The summed E-state index contributed by atoms with van der Waals surface area (Å²) >= 11 is 0. The van der Waals surface area contributed by atoms with Gasteiger partial charge < -0.3 is 20.3 Å². The van der Waals surface area contributed by atoms with Gasteiger partial charge in [0.15, 0.2) is 5.69 Å². The molecule has 7 heteroatoms. The summed E-state index contributed by atoms with van der Waals surface area (Å²) in [5, 5.41) is 21.2. The first-order chi connectivity index (χ1) is 7.98. The Balaban J connectivity index is 2.70. The Kier molecular flexibility index (Phi) is 4.36. The Morgan fingerprint density at radius 3 is 2.88 bits per heavy atom. The van der Waals surface area contributed by atoms with Crippen LogP contribution in [0, 0.1) is 0 Å². The van der Waals surface area contributed by atoms with Crippen molar-refractivity contribution >= 4 is 11.8 Å². The topological polar surface area (TPSA) is 105 Å². The second-order valence-electron chi connectivity index (χ2n) is 3.79. The average molecular weight is 241 g/mol. The van der Waals surface area contributed by atoms with E-state index in [9.17, 15) is 9.90 Å². The van der Waals surface area contributed by atoms with Crippen molar-refractivity contribution in [3.05, 3.63) is 18.1 Å². The maximum atomic E-state index is 11.2. The first-order valence-electron chi connectivity index (χ1n) is 4.96. The number of esters is 1. The Hall–Kier alpha value is -1.73. The summed E-state index contributed by atoms with van der Waals surface area (Å²) in [5.41, 5.74) is -1.19. The number of methoxy groups -OCH3 is 1. The van der Waals surface area contributed by atoms with Crippen LogP contribution in [0.1, 0.15) is 17.4 Å². The number of hydrogen-bond acceptors (Lipinski definition) is 7. The number of rotatable bonds is 5. The molecule has 1 aromatic rings. The van der Waals surface area contributed by atoms with Crippen molar-refractivity contribution in [3.8, 4) is 0 Å². The number of nitrogens with one attached hydrogen (secondary N) is 1. The van der Waals surface area contributed by atoms with Gasteiger partial charge >= 0.3 is 5.97 Å². The van der Waals surface area contributed by atoms with Gasteiger partial charge in [0, 0.05) is 6.54 Å². The predicted octanol–water partition coefficient (Wildman–Crippen LogP) is -0.582. The lowest BCUT2D eigenvalue weighted by atomic mass is 10.1. The van der Waals surface area contributed by atoms with Crippen LogP contribution in [0.4, 0.5) is 5.82 Å².